The van der Waals surface area contributed by atoms with E-state index in [0.717, 1.165) is 0 Å². The summed E-state index contributed by atoms with van der Waals surface area (Å²) in [4.78, 5) is 28.3. The molecule has 0 radical (unpaired) electrons. The van der Waals surface area contributed by atoms with Gasteiger partial charge in [0.2, 0.25) is 5.91 Å². The number of allylic oxidation sites excluding steroid dienone is 1. The zero-order valence-electron chi connectivity index (χ0n) is 22.1. The monoisotopic (exact) mass is 532 g/mol. The first-order chi connectivity index (χ1) is 16.9. The minimum atomic E-state index is -3.42. The number of likely N-dealkylation sites (N-methyl/N-ethyl adjacent to an activating group) is 1. The van der Waals surface area contributed by atoms with Crippen molar-refractivity contribution in [2.45, 2.75) is 52.2 Å². The van der Waals surface area contributed by atoms with Gasteiger partial charge in [-0.25, -0.2) is 4.79 Å². The van der Waals surface area contributed by atoms with E-state index in [1.165, 1.54) is 4.90 Å². The topological polar surface area (TPSA) is 139 Å². The number of amides is 3. The minimum Gasteiger partial charge on any atom is -0.387 e. The van der Waals surface area contributed by atoms with Crippen LogP contribution in [-0.4, -0.2) is 105 Å². The van der Waals surface area contributed by atoms with E-state index in [0.29, 0.717) is 24.4 Å². The molecular weight excluding hydrogens is 491 g/mol. The zero-order valence-corrected chi connectivity index (χ0v) is 23.0. The summed E-state index contributed by atoms with van der Waals surface area (Å²) in [5.74, 6) is -0.846. The second-order valence-electron chi connectivity index (χ2n) is 9.15. The third-order valence-electron chi connectivity index (χ3n) is 5.84. The highest BCUT2D eigenvalue weighted by Crippen LogP contribution is 2.51. The predicted molar refractivity (Wildman–Crippen MR) is 134 cm³/mol. The van der Waals surface area contributed by atoms with Crippen molar-refractivity contribution in [3.8, 4) is 0 Å². The SMILES string of the molecule is C=C1NC(=O)N(C2OC([C@@H](C)CP(=O)(OCC)OCC)[C@@H](O)[C@H]2OCC(=O)NCCN(C)C)C=C1C. The summed E-state index contributed by atoms with van der Waals surface area (Å²) in [5.41, 5.74) is 1.15. The fourth-order valence-corrected chi connectivity index (χ4v) is 6.00. The molecule has 1 saturated heterocycles. The summed E-state index contributed by atoms with van der Waals surface area (Å²) >= 11 is 0. The van der Waals surface area contributed by atoms with Crippen LogP contribution in [0, 0.1) is 5.92 Å². The van der Waals surface area contributed by atoms with Crippen molar-refractivity contribution in [2.24, 2.45) is 5.92 Å². The molecule has 12 nitrogen and oxygen atoms in total. The quantitative estimate of drug-likeness (QED) is 0.284. The number of rotatable bonds is 14. The molecular formula is C23H41N4O8P. The Morgan fingerprint density at radius 2 is 2.00 bits per heavy atom. The van der Waals surface area contributed by atoms with Crippen molar-refractivity contribution in [2.75, 3.05) is 53.2 Å². The molecule has 206 valence electrons. The lowest BCUT2D eigenvalue weighted by molar-refractivity contribution is -0.133. The van der Waals surface area contributed by atoms with E-state index in [9.17, 15) is 19.3 Å². The normalized spacial score (nSPS) is 25.7. The number of ether oxygens (including phenoxy) is 2. The zero-order chi connectivity index (χ0) is 27.0. The number of aliphatic hydroxyl groups is 1. The van der Waals surface area contributed by atoms with E-state index >= 15 is 0 Å². The van der Waals surface area contributed by atoms with Gasteiger partial charge in [-0.05, 0) is 46.4 Å². The number of nitrogens with one attached hydrogen (secondary N) is 2. The lowest BCUT2D eigenvalue weighted by atomic mass is 10.00. The Labute approximate surface area is 213 Å². The number of carbonyl (C=O) groups excluding carboxylic acids is 2. The van der Waals surface area contributed by atoms with Crippen molar-refractivity contribution in [3.05, 3.63) is 24.0 Å². The maximum absolute atomic E-state index is 13.1. The molecule has 0 saturated carbocycles. The summed E-state index contributed by atoms with van der Waals surface area (Å²) < 4.78 is 35.8. The second-order valence-corrected chi connectivity index (χ2v) is 11.2. The molecule has 2 aliphatic rings. The molecule has 2 rings (SSSR count). The molecule has 0 aromatic rings. The highest BCUT2D eigenvalue weighted by atomic mass is 31.2. The van der Waals surface area contributed by atoms with Crippen LogP contribution in [-0.2, 0) is 27.9 Å². The molecule has 0 bridgehead atoms. The molecule has 0 aromatic heterocycles. The summed E-state index contributed by atoms with van der Waals surface area (Å²) in [5, 5.41) is 16.6. The Kier molecular flexibility index (Phi) is 11.6. The smallest absolute Gasteiger partial charge is 0.331 e. The molecule has 36 heavy (non-hydrogen) atoms. The van der Waals surface area contributed by atoms with Crippen molar-refractivity contribution in [1.82, 2.24) is 20.4 Å². The maximum atomic E-state index is 13.1. The number of hydrogen-bond acceptors (Lipinski definition) is 9. The average Bonchev–Trinajstić information content (AvgIpc) is 3.10. The van der Waals surface area contributed by atoms with Crippen LogP contribution in [0.15, 0.2) is 24.0 Å². The van der Waals surface area contributed by atoms with Crippen molar-refractivity contribution in [3.63, 3.8) is 0 Å². The fraction of sp³-hybridized carbons (Fsp3) is 0.739. The van der Waals surface area contributed by atoms with Crippen LogP contribution < -0.4 is 10.6 Å². The molecule has 0 spiro atoms. The highest BCUT2D eigenvalue weighted by molar-refractivity contribution is 7.53. The van der Waals surface area contributed by atoms with Crippen LogP contribution in [0.3, 0.4) is 0 Å². The van der Waals surface area contributed by atoms with Crippen molar-refractivity contribution < 1.29 is 37.8 Å². The van der Waals surface area contributed by atoms with E-state index < -0.39 is 44.1 Å². The fourth-order valence-electron chi connectivity index (χ4n) is 4.01. The first kappa shape index (κ1) is 30.4. The molecule has 3 amide bonds. The molecule has 0 aliphatic carbocycles. The number of urea groups is 1. The third kappa shape index (κ3) is 8.11. The van der Waals surface area contributed by atoms with Gasteiger partial charge in [0.05, 0.1) is 25.5 Å². The van der Waals surface area contributed by atoms with Crippen LogP contribution in [0.2, 0.25) is 0 Å². The first-order valence-electron chi connectivity index (χ1n) is 12.1. The number of nitrogens with zero attached hydrogens (tertiary/aromatic N) is 2. The lowest BCUT2D eigenvalue weighted by Crippen LogP contribution is -2.51. The Hall–Kier alpha value is -1.79. The molecule has 2 aliphatic heterocycles. The van der Waals surface area contributed by atoms with E-state index in [-0.39, 0.29) is 31.9 Å². The maximum Gasteiger partial charge on any atom is 0.331 e. The van der Waals surface area contributed by atoms with Gasteiger partial charge in [-0.15, -0.1) is 0 Å². The van der Waals surface area contributed by atoms with Gasteiger partial charge >= 0.3 is 13.6 Å². The predicted octanol–water partition coefficient (Wildman–Crippen LogP) is 1.48. The van der Waals surface area contributed by atoms with Crippen molar-refractivity contribution in [1.29, 1.82) is 0 Å². The van der Waals surface area contributed by atoms with E-state index in [2.05, 4.69) is 17.2 Å². The Balaban J connectivity index is 2.22. The summed E-state index contributed by atoms with van der Waals surface area (Å²) in [6.45, 7) is 11.9. The van der Waals surface area contributed by atoms with Gasteiger partial charge in [0.25, 0.3) is 0 Å². The average molecular weight is 533 g/mol. The third-order valence-corrected chi connectivity index (χ3v) is 8.16. The molecule has 3 N–H and O–H groups in total. The molecule has 5 atom stereocenters. The van der Waals surface area contributed by atoms with Crippen LogP contribution >= 0.6 is 7.60 Å². The molecule has 13 heteroatoms. The van der Waals surface area contributed by atoms with E-state index in [1.54, 1.807) is 33.9 Å². The summed E-state index contributed by atoms with van der Waals surface area (Å²) in [7, 11) is 0.362. The van der Waals surface area contributed by atoms with Gasteiger partial charge in [0.15, 0.2) is 6.23 Å². The van der Waals surface area contributed by atoms with Crippen LogP contribution in [0.4, 0.5) is 4.79 Å². The van der Waals surface area contributed by atoms with Crippen molar-refractivity contribution >= 4 is 19.5 Å². The van der Waals surface area contributed by atoms with Gasteiger partial charge in [0, 0.05) is 25.0 Å². The lowest BCUT2D eigenvalue weighted by Gasteiger charge is -2.33. The highest BCUT2D eigenvalue weighted by Gasteiger charge is 2.51. The van der Waals surface area contributed by atoms with Gasteiger partial charge in [0.1, 0.15) is 18.8 Å². The van der Waals surface area contributed by atoms with Gasteiger partial charge in [-0.2, -0.15) is 0 Å². The van der Waals surface area contributed by atoms with Gasteiger partial charge < -0.3 is 39.2 Å². The van der Waals surface area contributed by atoms with Gasteiger partial charge in [-0.3, -0.25) is 14.3 Å². The summed E-state index contributed by atoms with van der Waals surface area (Å²) in [6.07, 6.45) is -2.61. The van der Waals surface area contributed by atoms with Crippen LogP contribution in [0.5, 0.6) is 0 Å². The minimum absolute atomic E-state index is 0.00125. The van der Waals surface area contributed by atoms with E-state index in [1.807, 2.05) is 19.0 Å². The summed E-state index contributed by atoms with van der Waals surface area (Å²) in [6, 6.07) is -0.505. The molecule has 2 unspecified atom stereocenters. The molecule has 2 heterocycles. The van der Waals surface area contributed by atoms with Gasteiger partial charge in [-0.1, -0.05) is 13.5 Å². The Morgan fingerprint density at radius 1 is 1.36 bits per heavy atom. The standard InChI is InChI=1S/C23H41N4O8P/c1-8-33-36(31,34-9-2)14-16(4)20-19(29)21(32-13-18(28)24-10-11-26(6)7)22(35-20)27-12-15(3)17(5)25-23(27)30/h12,16,19-22,29H,5,8-11,13-14H2,1-4,6-7H3,(H,24,28)(H,25,30)/t16-,19+,20?,21+,22?/m0/s1. The Bertz CT molecular complexity index is 857. The second kappa shape index (κ2) is 13.7. The number of carbonyl (C=O) groups is 2. The first-order valence-corrected chi connectivity index (χ1v) is 13.9. The van der Waals surface area contributed by atoms with Crippen LogP contribution in [0.25, 0.3) is 0 Å². The number of hydrogen-bond donors (Lipinski definition) is 3. The van der Waals surface area contributed by atoms with Crippen LogP contribution in [0.1, 0.15) is 27.7 Å². The Morgan fingerprint density at radius 3 is 2.58 bits per heavy atom. The van der Waals surface area contributed by atoms with E-state index in [4.69, 9.17) is 18.5 Å². The molecule has 0 aromatic carbocycles. The largest absolute Gasteiger partial charge is 0.387 e. The molecule has 1 fully saturated rings. The number of aliphatic hydroxyl groups excluding tert-OH is 1.